The fourth-order valence-electron chi connectivity index (χ4n) is 0.287. The quantitative estimate of drug-likeness (QED) is 0.625. The summed E-state index contributed by atoms with van der Waals surface area (Å²) in [6.45, 7) is 0. The van der Waals surface area contributed by atoms with Gasteiger partial charge in [-0.3, -0.25) is 0 Å². The van der Waals surface area contributed by atoms with Crippen molar-refractivity contribution >= 4 is 79.9 Å². The van der Waals surface area contributed by atoms with E-state index in [0.29, 0.717) is 0 Å². The van der Waals surface area contributed by atoms with Gasteiger partial charge in [0, 0.05) is 0 Å². The van der Waals surface area contributed by atoms with Crippen LogP contribution in [0.4, 0.5) is 0 Å². The summed E-state index contributed by atoms with van der Waals surface area (Å²) in [5.74, 6) is 0. The normalized spacial score (nSPS) is 14.6. The maximum atomic E-state index is 10.8. The maximum absolute atomic E-state index is 10.8. The molecular formula is C2HCl6NO3S. The number of alkyl halides is 6. The first-order chi connectivity index (χ1) is 5.41. The van der Waals surface area contributed by atoms with E-state index in [1.165, 1.54) is 4.72 Å². The van der Waals surface area contributed by atoms with Gasteiger partial charge in [0.25, 0.3) is 3.92 Å². The van der Waals surface area contributed by atoms with Crippen molar-refractivity contribution in [2.75, 3.05) is 0 Å². The van der Waals surface area contributed by atoms with Crippen molar-refractivity contribution < 1.29 is 12.6 Å². The minimum atomic E-state index is -4.44. The Kier molecular flexibility index (Phi) is 5.21. The van der Waals surface area contributed by atoms with Gasteiger partial charge in [-0.25, -0.2) is 4.18 Å². The molecule has 0 heterocycles. The summed E-state index contributed by atoms with van der Waals surface area (Å²) in [6, 6.07) is 0. The summed E-state index contributed by atoms with van der Waals surface area (Å²) in [5.41, 5.74) is 0. The van der Waals surface area contributed by atoms with E-state index >= 15 is 0 Å². The average Bonchev–Trinajstić information content (AvgIpc) is 1.43. The van der Waals surface area contributed by atoms with E-state index < -0.39 is 18.2 Å². The molecule has 1 N–H and O–H groups in total. The summed E-state index contributed by atoms with van der Waals surface area (Å²) >= 11 is 30.3. The van der Waals surface area contributed by atoms with Crippen molar-refractivity contribution in [1.82, 2.24) is 4.72 Å². The standard InChI is InChI=1S/C2HCl6NO3S/c3-1(4,5)9-13(10,11)12-2(6,7)8/h9H. The highest BCUT2D eigenvalue weighted by Crippen LogP contribution is 2.31. The van der Waals surface area contributed by atoms with Crippen LogP contribution in [0.15, 0.2) is 0 Å². The molecular weight excluding hydrogens is 331 g/mol. The monoisotopic (exact) mass is 329 g/mol. The first-order valence-corrected chi connectivity index (χ1v) is 5.97. The molecule has 0 atom stereocenters. The molecule has 0 aromatic rings. The molecule has 0 bridgehead atoms. The van der Waals surface area contributed by atoms with Crippen LogP contribution in [0.1, 0.15) is 0 Å². The van der Waals surface area contributed by atoms with E-state index in [1.54, 1.807) is 0 Å². The molecule has 0 spiro atoms. The number of halogens is 6. The van der Waals surface area contributed by atoms with Crippen molar-refractivity contribution in [1.29, 1.82) is 0 Å². The van der Waals surface area contributed by atoms with Gasteiger partial charge in [0.05, 0.1) is 0 Å². The molecule has 0 rings (SSSR count). The highest BCUT2D eigenvalue weighted by molar-refractivity contribution is 7.85. The average molecular weight is 332 g/mol. The second kappa shape index (κ2) is 4.63. The number of nitrogens with one attached hydrogen (secondary N) is 1. The van der Waals surface area contributed by atoms with Gasteiger partial charge in [0.1, 0.15) is 0 Å². The second-order valence-corrected chi connectivity index (χ2v) is 7.32. The van der Waals surface area contributed by atoms with Crippen LogP contribution in [0.25, 0.3) is 0 Å². The highest BCUT2D eigenvalue weighted by Gasteiger charge is 2.34. The molecule has 0 unspecified atom stereocenters. The van der Waals surface area contributed by atoms with Crippen molar-refractivity contribution in [3.8, 4) is 0 Å². The molecule has 13 heavy (non-hydrogen) atoms. The van der Waals surface area contributed by atoms with Crippen molar-refractivity contribution in [3.63, 3.8) is 0 Å². The number of rotatable bonds is 2. The molecule has 80 valence electrons. The smallest absolute Gasteiger partial charge is 0.204 e. The SMILES string of the molecule is O=S(=O)(NC(Cl)(Cl)Cl)OC(Cl)(Cl)Cl. The lowest BCUT2D eigenvalue weighted by Gasteiger charge is -2.16. The Morgan fingerprint density at radius 2 is 1.38 bits per heavy atom. The fourth-order valence-corrected chi connectivity index (χ4v) is 2.46. The first-order valence-electron chi connectivity index (χ1n) is 2.29. The summed E-state index contributed by atoms with van der Waals surface area (Å²) in [4.78, 5) is 0. The zero-order chi connectivity index (χ0) is 10.9. The maximum Gasteiger partial charge on any atom is 0.343 e. The van der Waals surface area contributed by atoms with Crippen LogP contribution in [-0.4, -0.2) is 16.3 Å². The van der Waals surface area contributed by atoms with E-state index in [2.05, 4.69) is 4.18 Å². The Hall–Kier alpha value is 1.61. The van der Waals surface area contributed by atoms with Crippen LogP contribution in [-0.2, 0) is 14.5 Å². The second-order valence-electron chi connectivity index (χ2n) is 1.58. The van der Waals surface area contributed by atoms with Crippen molar-refractivity contribution in [2.24, 2.45) is 0 Å². The van der Waals surface area contributed by atoms with E-state index in [4.69, 9.17) is 69.6 Å². The molecule has 4 nitrogen and oxygen atoms in total. The third kappa shape index (κ3) is 9.90. The zero-order valence-electron chi connectivity index (χ0n) is 5.40. The Balaban J connectivity index is 4.46. The predicted octanol–water partition coefficient (Wildman–Crippen LogP) is 2.49. The number of hydrogen-bond acceptors (Lipinski definition) is 3. The Morgan fingerprint density at radius 3 is 1.62 bits per heavy atom. The summed E-state index contributed by atoms with van der Waals surface area (Å²) < 4.78 is 22.3. The van der Waals surface area contributed by atoms with Gasteiger partial charge >= 0.3 is 14.3 Å². The zero-order valence-corrected chi connectivity index (χ0v) is 10.8. The van der Waals surface area contributed by atoms with E-state index in [1.807, 2.05) is 0 Å². The van der Waals surface area contributed by atoms with Gasteiger partial charge in [-0.15, -0.1) is 4.72 Å². The molecule has 0 aromatic carbocycles. The molecule has 0 radical (unpaired) electrons. The van der Waals surface area contributed by atoms with Gasteiger partial charge in [-0.2, -0.15) is 8.42 Å². The lowest BCUT2D eigenvalue weighted by molar-refractivity contribution is 0.313. The topological polar surface area (TPSA) is 55.4 Å². The highest BCUT2D eigenvalue weighted by atomic mass is 35.6. The van der Waals surface area contributed by atoms with Gasteiger partial charge in [0.2, 0.25) is 0 Å². The lowest BCUT2D eigenvalue weighted by atomic mass is 11.5. The summed E-state index contributed by atoms with van der Waals surface area (Å²) in [5, 5.41) is 0. The van der Waals surface area contributed by atoms with E-state index in [0.717, 1.165) is 0 Å². The van der Waals surface area contributed by atoms with Gasteiger partial charge in [-0.05, 0) is 0 Å². The Morgan fingerprint density at radius 1 is 1.00 bits per heavy atom. The summed E-state index contributed by atoms with van der Waals surface area (Å²) in [7, 11) is -4.44. The Labute approximate surface area is 105 Å². The van der Waals surface area contributed by atoms with Crippen LogP contribution < -0.4 is 4.72 Å². The minimum absolute atomic E-state index is 1.44. The van der Waals surface area contributed by atoms with Gasteiger partial charge in [-0.1, -0.05) is 69.6 Å². The fraction of sp³-hybridized carbons (Fsp3) is 1.00. The van der Waals surface area contributed by atoms with Gasteiger partial charge in [0.15, 0.2) is 0 Å². The van der Waals surface area contributed by atoms with Crippen LogP contribution in [0.5, 0.6) is 0 Å². The third-order valence-corrected chi connectivity index (χ3v) is 2.60. The van der Waals surface area contributed by atoms with Crippen LogP contribution in [0.2, 0.25) is 0 Å². The lowest BCUT2D eigenvalue weighted by Crippen LogP contribution is -2.38. The van der Waals surface area contributed by atoms with Crippen molar-refractivity contribution in [3.05, 3.63) is 0 Å². The van der Waals surface area contributed by atoms with Crippen molar-refractivity contribution in [2.45, 2.75) is 7.90 Å². The van der Waals surface area contributed by atoms with Gasteiger partial charge < -0.3 is 0 Å². The molecule has 0 saturated heterocycles. The molecule has 0 aliphatic heterocycles. The Bertz CT molecular complexity index is 241. The first kappa shape index (κ1) is 14.6. The molecule has 0 saturated carbocycles. The van der Waals surface area contributed by atoms with E-state index in [9.17, 15) is 8.42 Å². The molecule has 0 aromatic heterocycles. The summed E-state index contributed by atoms with van der Waals surface area (Å²) in [6.07, 6.45) is 0. The van der Waals surface area contributed by atoms with Crippen LogP contribution >= 0.6 is 69.6 Å². The molecule has 0 amide bonds. The largest absolute Gasteiger partial charge is 0.343 e. The molecule has 0 fully saturated rings. The molecule has 11 heteroatoms. The third-order valence-electron chi connectivity index (χ3n) is 0.445. The van der Waals surface area contributed by atoms with Crippen LogP contribution in [0.3, 0.4) is 0 Å². The molecule has 0 aliphatic rings. The van der Waals surface area contributed by atoms with E-state index in [-0.39, 0.29) is 0 Å². The predicted molar refractivity (Wildman–Crippen MR) is 53.7 cm³/mol. The number of hydrogen-bond donors (Lipinski definition) is 1. The minimum Gasteiger partial charge on any atom is -0.204 e. The molecule has 0 aliphatic carbocycles. The van der Waals surface area contributed by atoms with Crippen LogP contribution in [0, 0.1) is 0 Å².